The van der Waals surface area contributed by atoms with Gasteiger partial charge in [0.05, 0.1) is 12.3 Å². The van der Waals surface area contributed by atoms with E-state index in [1.54, 1.807) is 12.3 Å². The van der Waals surface area contributed by atoms with Crippen LogP contribution in [0.5, 0.6) is 0 Å². The standard InChI is InChI=1S/C17H16BrN5OS/c1-12-21-22-17(23(12)10-13-5-3-2-4-6-13)25-11-16(24)20-15-8-7-14(18)9-19-15/h2-9H,10-11H2,1H3,(H,19,20,24). The third-order valence-corrected chi connectivity index (χ3v) is 4.85. The lowest BCUT2D eigenvalue weighted by atomic mass is 10.2. The fourth-order valence-corrected chi connectivity index (χ4v) is 3.19. The Morgan fingerprint density at radius 3 is 2.72 bits per heavy atom. The van der Waals surface area contributed by atoms with Crippen molar-refractivity contribution in [3.8, 4) is 0 Å². The van der Waals surface area contributed by atoms with Crippen LogP contribution in [0.4, 0.5) is 5.82 Å². The zero-order valence-corrected chi connectivity index (χ0v) is 15.9. The van der Waals surface area contributed by atoms with E-state index in [9.17, 15) is 4.79 Å². The van der Waals surface area contributed by atoms with Crippen LogP contribution >= 0.6 is 27.7 Å². The van der Waals surface area contributed by atoms with Gasteiger partial charge in [-0.05, 0) is 40.5 Å². The van der Waals surface area contributed by atoms with Crippen molar-refractivity contribution >= 4 is 39.4 Å². The molecule has 0 spiro atoms. The Bertz CT molecular complexity index is 851. The van der Waals surface area contributed by atoms with Gasteiger partial charge in [-0.25, -0.2) is 4.98 Å². The predicted molar refractivity (Wildman–Crippen MR) is 102 cm³/mol. The largest absolute Gasteiger partial charge is 0.310 e. The number of nitrogens with zero attached hydrogens (tertiary/aromatic N) is 4. The number of amides is 1. The lowest BCUT2D eigenvalue weighted by Gasteiger charge is -2.08. The molecule has 6 nitrogen and oxygen atoms in total. The summed E-state index contributed by atoms with van der Waals surface area (Å²) in [6.07, 6.45) is 1.64. The highest BCUT2D eigenvalue weighted by Crippen LogP contribution is 2.19. The van der Waals surface area contributed by atoms with E-state index in [1.165, 1.54) is 11.8 Å². The van der Waals surface area contributed by atoms with Crippen molar-refractivity contribution in [1.29, 1.82) is 0 Å². The molecule has 0 radical (unpaired) electrons. The highest BCUT2D eigenvalue weighted by molar-refractivity contribution is 9.10. The van der Waals surface area contributed by atoms with Crippen LogP contribution in [0, 0.1) is 6.92 Å². The average molecular weight is 418 g/mol. The molecule has 0 bridgehead atoms. The summed E-state index contributed by atoms with van der Waals surface area (Å²) >= 11 is 4.67. The molecule has 1 aromatic carbocycles. The molecule has 25 heavy (non-hydrogen) atoms. The van der Waals surface area contributed by atoms with Gasteiger partial charge in [-0.2, -0.15) is 0 Å². The predicted octanol–water partition coefficient (Wildman–Crippen LogP) is 3.52. The highest BCUT2D eigenvalue weighted by Gasteiger charge is 2.12. The third-order valence-electron chi connectivity index (χ3n) is 3.41. The minimum absolute atomic E-state index is 0.133. The maximum Gasteiger partial charge on any atom is 0.236 e. The van der Waals surface area contributed by atoms with Gasteiger partial charge in [0.1, 0.15) is 11.6 Å². The van der Waals surface area contributed by atoms with Crippen LogP contribution in [0.25, 0.3) is 0 Å². The molecule has 0 aliphatic heterocycles. The first-order chi connectivity index (χ1) is 12.1. The van der Waals surface area contributed by atoms with Gasteiger partial charge in [-0.1, -0.05) is 42.1 Å². The van der Waals surface area contributed by atoms with Crippen LogP contribution in [0.1, 0.15) is 11.4 Å². The number of hydrogen-bond acceptors (Lipinski definition) is 5. The first-order valence-electron chi connectivity index (χ1n) is 7.60. The molecule has 0 unspecified atom stereocenters. The summed E-state index contributed by atoms with van der Waals surface area (Å²) in [6.45, 7) is 2.59. The number of rotatable bonds is 6. The van der Waals surface area contributed by atoms with Crippen molar-refractivity contribution in [2.75, 3.05) is 11.1 Å². The smallest absolute Gasteiger partial charge is 0.236 e. The number of pyridine rings is 1. The number of anilines is 1. The Morgan fingerprint density at radius 2 is 2.00 bits per heavy atom. The molecular weight excluding hydrogens is 402 g/mol. The molecule has 0 aliphatic rings. The van der Waals surface area contributed by atoms with Gasteiger partial charge in [-0.3, -0.25) is 4.79 Å². The summed E-state index contributed by atoms with van der Waals surface area (Å²) in [4.78, 5) is 16.2. The van der Waals surface area contributed by atoms with Crippen molar-refractivity contribution in [2.45, 2.75) is 18.6 Å². The summed E-state index contributed by atoms with van der Waals surface area (Å²) in [5, 5.41) is 11.8. The molecule has 0 atom stereocenters. The van der Waals surface area contributed by atoms with Crippen molar-refractivity contribution in [3.05, 3.63) is 64.5 Å². The summed E-state index contributed by atoms with van der Waals surface area (Å²) in [5.74, 6) is 1.45. The molecule has 128 valence electrons. The average Bonchev–Trinajstić information content (AvgIpc) is 2.96. The SMILES string of the molecule is Cc1nnc(SCC(=O)Nc2ccc(Br)cn2)n1Cc1ccccc1. The van der Waals surface area contributed by atoms with Gasteiger partial charge in [0.15, 0.2) is 5.16 Å². The monoisotopic (exact) mass is 417 g/mol. The Balaban J connectivity index is 1.61. The first-order valence-corrected chi connectivity index (χ1v) is 9.37. The molecule has 2 heterocycles. The molecule has 1 amide bonds. The summed E-state index contributed by atoms with van der Waals surface area (Å²) in [5.41, 5.74) is 1.16. The topological polar surface area (TPSA) is 72.7 Å². The maximum atomic E-state index is 12.1. The van der Waals surface area contributed by atoms with Crippen molar-refractivity contribution in [1.82, 2.24) is 19.7 Å². The molecule has 0 saturated carbocycles. The fraction of sp³-hybridized carbons (Fsp3) is 0.176. The number of aromatic nitrogens is 4. The van der Waals surface area contributed by atoms with Gasteiger partial charge in [0.2, 0.25) is 5.91 Å². The minimum atomic E-state index is -0.133. The van der Waals surface area contributed by atoms with E-state index in [0.717, 1.165) is 21.0 Å². The molecule has 1 N–H and O–H groups in total. The third kappa shape index (κ3) is 4.90. The molecule has 3 rings (SSSR count). The maximum absolute atomic E-state index is 12.1. The van der Waals surface area contributed by atoms with Gasteiger partial charge >= 0.3 is 0 Å². The van der Waals surface area contributed by atoms with E-state index < -0.39 is 0 Å². The quantitative estimate of drug-likeness (QED) is 0.621. The van der Waals surface area contributed by atoms with Gasteiger partial charge in [0, 0.05) is 10.7 Å². The molecule has 3 aromatic rings. The lowest BCUT2D eigenvalue weighted by molar-refractivity contribution is -0.113. The van der Waals surface area contributed by atoms with E-state index in [2.05, 4.69) is 48.6 Å². The van der Waals surface area contributed by atoms with Crippen molar-refractivity contribution < 1.29 is 4.79 Å². The molecule has 2 aromatic heterocycles. The summed E-state index contributed by atoms with van der Waals surface area (Å²) in [6, 6.07) is 13.7. The van der Waals surface area contributed by atoms with E-state index in [1.807, 2.05) is 35.8 Å². The lowest BCUT2D eigenvalue weighted by Crippen LogP contribution is -2.15. The van der Waals surface area contributed by atoms with Crippen LogP contribution < -0.4 is 5.32 Å². The molecular formula is C17H16BrN5OS. The Morgan fingerprint density at radius 1 is 1.20 bits per heavy atom. The molecule has 0 aliphatic carbocycles. The number of hydrogen-bond donors (Lipinski definition) is 1. The van der Waals surface area contributed by atoms with Crippen molar-refractivity contribution in [3.63, 3.8) is 0 Å². The molecule has 0 saturated heterocycles. The number of aryl methyl sites for hydroxylation is 1. The Labute approximate surface area is 158 Å². The summed E-state index contributed by atoms with van der Waals surface area (Å²) in [7, 11) is 0. The van der Waals surface area contributed by atoms with Crippen molar-refractivity contribution in [2.24, 2.45) is 0 Å². The normalized spacial score (nSPS) is 10.6. The molecule has 0 fully saturated rings. The highest BCUT2D eigenvalue weighted by atomic mass is 79.9. The van der Waals surface area contributed by atoms with Gasteiger partial charge < -0.3 is 9.88 Å². The number of benzene rings is 1. The van der Waals surface area contributed by atoms with E-state index >= 15 is 0 Å². The number of carbonyl (C=O) groups excluding carboxylic acids is 1. The van der Waals surface area contributed by atoms with E-state index in [0.29, 0.717) is 12.4 Å². The summed E-state index contributed by atoms with van der Waals surface area (Å²) < 4.78 is 2.87. The second-order valence-electron chi connectivity index (χ2n) is 5.30. The van der Waals surface area contributed by atoms with Crippen LogP contribution in [-0.2, 0) is 11.3 Å². The second kappa shape index (κ2) is 8.26. The second-order valence-corrected chi connectivity index (χ2v) is 7.16. The van der Waals surface area contributed by atoms with Crippen LogP contribution in [0.15, 0.2) is 58.3 Å². The number of carbonyl (C=O) groups is 1. The van der Waals surface area contributed by atoms with Gasteiger partial charge in [0.25, 0.3) is 0 Å². The van der Waals surface area contributed by atoms with E-state index in [4.69, 9.17) is 0 Å². The minimum Gasteiger partial charge on any atom is -0.310 e. The first kappa shape index (κ1) is 17.6. The Kier molecular flexibility index (Phi) is 5.83. The fourth-order valence-electron chi connectivity index (χ4n) is 2.18. The number of thioether (sulfide) groups is 1. The zero-order chi connectivity index (χ0) is 17.6. The van der Waals surface area contributed by atoms with Crippen LogP contribution in [0.2, 0.25) is 0 Å². The Hall–Kier alpha value is -2.19. The number of halogens is 1. The zero-order valence-electron chi connectivity index (χ0n) is 13.5. The van der Waals surface area contributed by atoms with Crippen LogP contribution in [0.3, 0.4) is 0 Å². The van der Waals surface area contributed by atoms with Gasteiger partial charge in [-0.15, -0.1) is 10.2 Å². The molecule has 8 heteroatoms. The van der Waals surface area contributed by atoms with Crippen LogP contribution in [-0.4, -0.2) is 31.4 Å². The number of nitrogens with one attached hydrogen (secondary N) is 1. The van der Waals surface area contributed by atoms with E-state index in [-0.39, 0.29) is 11.7 Å².